The first-order valence-corrected chi connectivity index (χ1v) is 4.57. The van der Waals surface area contributed by atoms with E-state index in [1.54, 1.807) is 6.08 Å². The molecular formula is C8H10N2O2S. The lowest BCUT2D eigenvalue weighted by Crippen LogP contribution is -2.03. The molecule has 0 spiro atoms. The van der Waals surface area contributed by atoms with Crippen LogP contribution in [0.3, 0.4) is 0 Å². The highest BCUT2D eigenvalue weighted by Crippen LogP contribution is 2.11. The highest BCUT2D eigenvalue weighted by Gasteiger charge is 2.08. The number of allylic oxidation sites excluding steroid dienone is 1. The van der Waals surface area contributed by atoms with Gasteiger partial charge in [0.15, 0.2) is 0 Å². The van der Waals surface area contributed by atoms with Gasteiger partial charge in [-0.3, -0.25) is 4.79 Å². The van der Waals surface area contributed by atoms with Crippen LogP contribution in [0.25, 0.3) is 0 Å². The first kappa shape index (κ1) is 9.85. The van der Waals surface area contributed by atoms with Crippen molar-refractivity contribution >= 4 is 17.3 Å². The molecule has 0 bridgehead atoms. The van der Waals surface area contributed by atoms with Crippen molar-refractivity contribution in [3.05, 3.63) is 22.7 Å². The summed E-state index contributed by atoms with van der Waals surface area (Å²) in [4.78, 5) is 10.8. The first-order chi connectivity index (χ1) is 6.26. The monoisotopic (exact) mass is 198 g/mol. The maximum atomic E-state index is 10.8. The third-order valence-corrected chi connectivity index (χ3v) is 2.30. The predicted octanol–water partition coefficient (Wildman–Crippen LogP) is 0.982. The van der Waals surface area contributed by atoms with Gasteiger partial charge in [-0.05, 0) is 0 Å². The van der Waals surface area contributed by atoms with Gasteiger partial charge in [-0.2, -0.15) is 0 Å². The van der Waals surface area contributed by atoms with Gasteiger partial charge in [-0.25, -0.2) is 0 Å². The molecule has 0 unspecified atom stereocenters. The molecule has 1 aromatic heterocycles. The Balaban J connectivity index is 2.58. The molecule has 0 aliphatic rings. The quantitative estimate of drug-likeness (QED) is 0.534. The molecule has 0 saturated heterocycles. The number of carbonyl (C=O) groups is 1. The summed E-state index contributed by atoms with van der Waals surface area (Å²) in [6, 6.07) is 0. The normalized spacial score (nSPS) is 9.62. The number of nitrogens with zero attached hydrogens (tertiary/aromatic N) is 2. The zero-order chi connectivity index (χ0) is 9.68. The fourth-order valence-electron chi connectivity index (χ4n) is 0.761. The summed E-state index contributed by atoms with van der Waals surface area (Å²) >= 11 is 1.41. The lowest BCUT2D eigenvalue weighted by Gasteiger charge is -1.92. The summed E-state index contributed by atoms with van der Waals surface area (Å²) in [5, 5.41) is 9.28. The fraction of sp³-hybridized carbons (Fsp3) is 0.375. The Morgan fingerprint density at radius 3 is 2.92 bits per heavy atom. The minimum atomic E-state index is -0.290. The summed E-state index contributed by atoms with van der Waals surface area (Å²) in [6.07, 6.45) is 2.65. The lowest BCUT2D eigenvalue weighted by atomic mass is 10.5. The number of methoxy groups -OCH3 is 1. The largest absolute Gasteiger partial charge is 0.469 e. The van der Waals surface area contributed by atoms with Crippen LogP contribution in [0.5, 0.6) is 0 Å². The van der Waals surface area contributed by atoms with E-state index in [-0.39, 0.29) is 12.4 Å². The molecule has 5 heteroatoms. The molecule has 0 fully saturated rings. The molecule has 0 radical (unpaired) electrons. The molecule has 0 amide bonds. The second-order valence-electron chi connectivity index (χ2n) is 2.34. The Labute approximate surface area is 80.3 Å². The highest BCUT2D eigenvalue weighted by molar-refractivity contribution is 7.11. The highest BCUT2D eigenvalue weighted by atomic mass is 32.1. The average molecular weight is 198 g/mol. The smallest absolute Gasteiger partial charge is 0.312 e. The van der Waals surface area contributed by atoms with Crippen molar-refractivity contribution in [2.45, 2.75) is 12.8 Å². The van der Waals surface area contributed by atoms with Crippen LogP contribution >= 0.6 is 11.3 Å². The van der Waals surface area contributed by atoms with Crippen LogP contribution in [-0.2, 0) is 22.4 Å². The molecule has 0 N–H and O–H groups in total. The van der Waals surface area contributed by atoms with Crippen LogP contribution < -0.4 is 0 Å². The van der Waals surface area contributed by atoms with Crippen molar-refractivity contribution < 1.29 is 9.53 Å². The zero-order valence-electron chi connectivity index (χ0n) is 7.32. The molecular weight excluding hydrogens is 188 g/mol. The average Bonchev–Trinajstić information content (AvgIpc) is 2.53. The van der Waals surface area contributed by atoms with Gasteiger partial charge >= 0.3 is 5.97 Å². The van der Waals surface area contributed by atoms with Crippen molar-refractivity contribution in [3.8, 4) is 0 Å². The first-order valence-electron chi connectivity index (χ1n) is 3.75. The Morgan fingerprint density at radius 1 is 1.62 bits per heavy atom. The summed E-state index contributed by atoms with van der Waals surface area (Å²) < 4.78 is 4.50. The van der Waals surface area contributed by atoms with E-state index >= 15 is 0 Å². The zero-order valence-corrected chi connectivity index (χ0v) is 8.13. The minimum Gasteiger partial charge on any atom is -0.469 e. The molecule has 0 saturated carbocycles. The maximum Gasteiger partial charge on any atom is 0.312 e. The summed E-state index contributed by atoms with van der Waals surface area (Å²) in [5.74, 6) is -0.290. The van der Waals surface area contributed by atoms with E-state index in [0.29, 0.717) is 11.4 Å². The molecule has 1 rings (SSSR count). The second kappa shape index (κ2) is 4.71. The SMILES string of the molecule is C=CCc1nnc(CC(=O)OC)s1. The van der Waals surface area contributed by atoms with E-state index < -0.39 is 0 Å². The van der Waals surface area contributed by atoms with Crippen LogP contribution in [0.4, 0.5) is 0 Å². The third kappa shape index (κ3) is 2.95. The molecule has 70 valence electrons. The van der Waals surface area contributed by atoms with Gasteiger partial charge in [0.25, 0.3) is 0 Å². The molecule has 13 heavy (non-hydrogen) atoms. The topological polar surface area (TPSA) is 52.1 Å². The predicted molar refractivity (Wildman–Crippen MR) is 49.5 cm³/mol. The second-order valence-corrected chi connectivity index (χ2v) is 3.48. The molecule has 1 heterocycles. The van der Waals surface area contributed by atoms with E-state index in [0.717, 1.165) is 5.01 Å². The molecule has 0 aliphatic heterocycles. The number of hydrogen-bond acceptors (Lipinski definition) is 5. The van der Waals surface area contributed by atoms with E-state index in [4.69, 9.17) is 0 Å². The summed E-state index contributed by atoms with van der Waals surface area (Å²) in [5.41, 5.74) is 0. The Bertz CT molecular complexity index is 309. The van der Waals surface area contributed by atoms with Gasteiger partial charge in [0.2, 0.25) is 0 Å². The summed E-state index contributed by atoms with van der Waals surface area (Å²) in [6.45, 7) is 3.59. The third-order valence-electron chi connectivity index (χ3n) is 1.35. The number of hydrogen-bond donors (Lipinski definition) is 0. The van der Waals surface area contributed by atoms with Crippen LogP contribution in [0, 0.1) is 0 Å². The van der Waals surface area contributed by atoms with Crippen LogP contribution in [-0.4, -0.2) is 23.3 Å². The molecule has 0 aromatic carbocycles. The Morgan fingerprint density at radius 2 is 2.31 bits per heavy atom. The molecule has 0 atom stereocenters. The Hall–Kier alpha value is -1.23. The number of aromatic nitrogens is 2. The number of carbonyl (C=O) groups excluding carboxylic acids is 1. The van der Waals surface area contributed by atoms with E-state index in [1.807, 2.05) is 0 Å². The van der Waals surface area contributed by atoms with Crippen molar-refractivity contribution in [3.63, 3.8) is 0 Å². The lowest BCUT2D eigenvalue weighted by molar-refractivity contribution is -0.139. The van der Waals surface area contributed by atoms with E-state index in [9.17, 15) is 4.79 Å². The molecule has 4 nitrogen and oxygen atoms in total. The van der Waals surface area contributed by atoms with Crippen molar-refractivity contribution in [1.82, 2.24) is 10.2 Å². The van der Waals surface area contributed by atoms with Crippen molar-refractivity contribution in [2.75, 3.05) is 7.11 Å². The van der Waals surface area contributed by atoms with Crippen molar-refractivity contribution in [1.29, 1.82) is 0 Å². The Kier molecular flexibility index (Phi) is 3.57. The van der Waals surface area contributed by atoms with Gasteiger partial charge < -0.3 is 4.74 Å². The molecule has 0 aliphatic carbocycles. The van der Waals surface area contributed by atoms with E-state index in [2.05, 4.69) is 21.5 Å². The van der Waals surface area contributed by atoms with Gasteiger partial charge in [-0.15, -0.1) is 28.1 Å². The van der Waals surface area contributed by atoms with Crippen molar-refractivity contribution in [2.24, 2.45) is 0 Å². The number of esters is 1. The van der Waals surface area contributed by atoms with Gasteiger partial charge in [-0.1, -0.05) is 6.08 Å². The van der Waals surface area contributed by atoms with Gasteiger partial charge in [0.05, 0.1) is 13.5 Å². The fourth-order valence-corrected chi connectivity index (χ4v) is 1.59. The maximum absolute atomic E-state index is 10.8. The summed E-state index contributed by atoms with van der Waals surface area (Å²) in [7, 11) is 1.36. The number of ether oxygens (including phenoxy) is 1. The van der Waals surface area contributed by atoms with Gasteiger partial charge in [0, 0.05) is 6.42 Å². The standard InChI is InChI=1S/C8H10N2O2S/c1-3-4-6-9-10-7(13-6)5-8(11)12-2/h3H,1,4-5H2,2H3. The van der Waals surface area contributed by atoms with E-state index in [1.165, 1.54) is 18.4 Å². The van der Waals surface area contributed by atoms with Crippen LogP contribution in [0.1, 0.15) is 10.0 Å². The van der Waals surface area contributed by atoms with Crippen LogP contribution in [0.2, 0.25) is 0 Å². The molecule has 1 aromatic rings. The number of rotatable bonds is 4. The van der Waals surface area contributed by atoms with Gasteiger partial charge in [0.1, 0.15) is 10.0 Å². The minimum absolute atomic E-state index is 0.200. The van der Waals surface area contributed by atoms with Crippen LogP contribution in [0.15, 0.2) is 12.7 Å².